The SMILES string of the molecule is O=C(NCc1ccc(CN2CCCCC2)cc1)C1CCN(C(=O)c2ccc(Br)cc2)CC1. The van der Waals surface area contributed by atoms with Crippen LogP contribution in [0.3, 0.4) is 0 Å². The van der Waals surface area contributed by atoms with E-state index in [0.29, 0.717) is 38.0 Å². The molecular formula is C26H32BrN3O2. The first-order valence-electron chi connectivity index (χ1n) is 11.7. The van der Waals surface area contributed by atoms with Gasteiger partial charge in [0.2, 0.25) is 5.91 Å². The standard InChI is InChI=1S/C26H32BrN3O2/c27-24-10-8-23(9-11-24)26(32)30-16-12-22(13-17-30)25(31)28-18-20-4-6-21(7-5-20)19-29-14-2-1-3-15-29/h4-11,22H,1-3,12-19H2,(H,28,31). The fourth-order valence-corrected chi connectivity index (χ4v) is 4.86. The third kappa shape index (κ3) is 6.20. The Bertz CT molecular complexity index is 900. The zero-order valence-corrected chi connectivity index (χ0v) is 20.1. The Morgan fingerprint density at radius 2 is 1.47 bits per heavy atom. The average Bonchev–Trinajstić information content (AvgIpc) is 2.84. The second kappa shape index (κ2) is 11.1. The molecule has 0 bridgehead atoms. The Hall–Kier alpha value is -2.18. The molecule has 0 atom stereocenters. The van der Waals surface area contributed by atoms with Gasteiger partial charge in [0.15, 0.2) is 0 Å². The maximum atomic E-state index is 12.7. The molecule has 2 aromatic rings. The first-order chi connectivity index (χ1) is 15.6. The number of hydrogen-bond donors (Lipinski definition) is 1. The summed E-state index contributed by atoms with van der Waals surface area (Å²) in [4.78, 5) is 29.7. The first kappa shape index (κ1) is 23.0. The molecule has 1 N–H and O–H groups in total. The van der Waals surface area contributed by atoms with Gasteiger partial charge in [-0.15, -0.1) is 0 Å². The molecule has 4 rings (SSSR count). The first-order valence-corrected chi connectivity index (χ1v) is 12.5. The normalized spacial score (nSPS) is 17.8. The van der Waals surface area contributed by atoms with E-state index in [1.165, 1.54) is 37.9 Å². The Kier molecular flexibility index (Phi) is 7.98. The van der Waals surface area contributed by atoms with Gasteiger partial charge in [-0.1, -0.05) is 46.6 Å². The van der Waals surface area contributed by atoms with Crippen molar-refractivity contribution in [1.82, 2.24) is 15.1 Å². The van der Waals surface area contributed by atoms with Gasteiger partial charge in [-0.25, -0.2) is 0 Å². The van der Waals surface area contributed by atoms with Crippen molar-refractivity contribution in [2.24, 2.45) is 5.92 Å². The van der Waals surface area contributed by atoms with Crippen molar-refractivity contribution in [3.8, 4) is 0 Å². The third-order valence-electron chi connectivity index (χ3n) is 6.59. The predicted octanol–water partition coefficient (Wildman–Crippen LogP) is 4.60. The van der Waals surface area contributed by atoms with Crippen molar-refractivity contribution < 1.29 is 9.59 Å². The van der Waals surface area contributed by atoms with Gasteiger partial charge in [0.25, 0.3) is 5.91 Å². The van der Waals surface area contributed by atoms with E-state index in [4.69, 9.17) is 0 Å². The molecule has 2 heterocycles. The fourth-order valence-electron chi connectivity index (χ4n) is 4.59. The molecule has 0 aliphatic carbocycles. The highest BCUT2D eigenvalue weighted by molar-refractivity contribution is 9.10. The van der Waals surface area contributed by atoms with Gasteiger partial charge in [0.1, 0.15) is 0 Å². The molecule has 6 heteroatoms. The molecule has 170 valence electrons. The second-order valence-corrected chi connectivity index (χ2v) is 9.86. The van der Waals surface area contributed by atoms with Gasteiger partial charge in [0.05, 0.1) is 0 Å². The van der Waals surface area contributed by atoms with Gasteiger partial charge in [-0.05, 0) is 74.2 Å². The van der Waals surface area contributed by atoms with Crippen LogP contribution in [-0.4, -0.2) is 47.8 Å². The Balaban J connectivity index is 1.20. The number of carbonyl (C=O) groups excluding carboxylic acids is 2. The lowest BCUT2D eigenvalue weighted by Gasteiger charge is -2.31. The van der Waals surface area contributed by atoms with E-state index in [0.717, 1.165) is 16.6 Å². The summed E-state index contributed by atoms with van der Waals surface area (Å²) in [7, 11) is 0. The van der Waals surface area contributed by atoms with Crippen LogP contribution in [-0.2, 0) is 17.9 Å². The Labute approximate surface area is 199 Å². The molecular weight excluding hydrogens is 466 g/mol. The monoisotopic (exact) mass is 497 g/mol. The lowest BCUT2D eigenvalue weighted by Crippen LogP contribution is -2.42. The molecule has 0 unspecified atom stereocenters. The van der Waals surface area contributed by atoms with E-state index >= 15 is 0 Å². The highest BCUT2D eigenvalue weighted by Crippen LogP contribution is 2.21. The number of carbonyl (C=O) groups is 2. The minimum absolute atomic E-state index is 0.0256. The van der Waals surface area contributed by atoms with Crippen LogP contribution in [0.1, 0.15) is 53.6 Å². The third-order valence-corrected chi connectivity index (χ3v) is 7.12. The molecule has 0 radical (unpaired) electrons. The fraction of sp³-hybridized carbons (Fsp3) is 0.462. The average molecular weight is 498 g/mol. The molecule has 2 fully saturated rings. The van der Waals surface area contributed by atoms with Gasteiger partial charge < -0.3 is 10.2 Å². The molecule has 0 saturated carbocycles. The minimum atomic E-state index is -0.0256. The maximum absolute atomic E-state index is 12.7. The van der Waals surface area contributed by atoms with Crippen LogP contribution >= 0.6 is 15.9 Å². The lowest BCUT2D eigenvalue weighted by molar-refractivity contribution is -0.126. The Morgan fingerprint density at radius 1 is 0.844 bits per heavy atom. The van der Waals surface area contributed by atoms with Gasteiger partial charge in [0, 0.05) is 42.1 Å². The van der Waals surface area contributed by atoms with Crippen molar-refractivity contribution in [2.75, 3.05) is 26.2 Å². The minimum Gasteiger partial charge on any atom is -0.352 e. The maximum Gasteiger partial charge on any atom is 0.253 e. The van der Waals surface area contributed by atoms with Crippen molar-refractivity contribution in [1.29, 1.82) is 0 Å². The number of rotatable bonds is 6. The molecule has 5 nitrogen and oxygen atoms in total. The summed E-state index contributed by atoms with van der Waals surface area (Å²) in [6.07, 6.45) is 5.39. The van der Waals surface area contributed by atoms with Gasteiger partial charge in [-0.3, -0.25) is 14.5 Å². The number of halogens is 1. The molecule has 0 spiro atoms. The number of nitrogens with one attached hydrogen (secondary N) is 1. The number of piperidine rings is 2. The van der Waals surface area contributed by atoms with Crippen LogP contribution in [0.2, 0.25) is 0 Å². The molecule has 2 aromatic carbocycles. The molecule has 2 saturated heterocycles. The highest BCUT2D eigenvalue weighted by Gasteiger charge is 2.27. The highest BCUT2D eigenvalue weighted by atomic mass is 79.9. The summed E-state index contributed by atoms with van der Waals surface area (Å²) in [5.74, 6) is 0.112. The second-order valence-electron chi connectivity index (χ2n) is 8.94. The van der Waals surface area contributed by atoms with Crippen molar-refractivity contribution >= 4 is 27.7 Å². The topological polar surface area (TPSA) is 52.7 Å². The molecule has 2 aliphatic heterocycles. The van der Waals surface area contributed by atoms with E-state index in [-0.39, 0.29) is 17.7 Å². The van der Waals surface area contributed by atoms with Crippen LogP contribution in [0, 0.1) is 5.92 Å². The van der Waals surface area contributed by atoms with E-state index in [1.54, 1.807) is 0 Å². The number of amides is 2. The van der Waals surface area contributed by atoms with E-state index in [2.05, 4.69) is 50.4 Å². The summed E-state index contributed by atoms with van der Waals surface area (Å²) >= 11 is 3.40. The molecule has 2 amide bonds. The lowest BCUT2D eigenvalue weighted by atomic mass is 9.95. The van der Waals surface area contributed by atoms with Crippen LogP contribution < -0.4 is 5.32 Å². The van der Waals surface area contributed by atoms with Crippen molar-refractivity contribution in [3.63, 3.8) is 0 Å². The molecule has 2 aliphatic rings. The zero-order valence-electron chi connectivity index (χ0n) is 18.6. The largest absolute Gasteiger partial charge is 0.352 e. The summed E-state index contributed by atoms with van der Waals surface area (Å²) in [5, 5.41) is 3.09. The van der Waals surface area contributed by atoms with Crippen molar-refractivity contribution in [3.05, 3.63) is 69.7 Å². The quantitative estimate of drug-likeness (QED) is 0.634. The van der Waals surface area contributed by atoms with Crippen LogP contribution in [0.4, 0.5) is 0 Å². The summed E-state index contributed by atoms with van der Waals surface area (Å²) < 4.78 is 0.959. The van der Waals surface area contributed by atoms with E-state index in [9.17, 15) is 9.59 Å². The Morgan fingerprint density at radius 3 is 2.12 bits per heavy atom. The van der Waals surface area contributed by atoms with E-state index in [1.807, 2.05) is 29.2 Å². The number of nitrogens with zero attached hydrogens (tertiary/aromatic N) is 2. The number of benzene rings is 2. The molecule has 32 heavy (non-hydrogen) atoms. The summed E-state index contributed by atoms with van der Waals surface area (Å²) in [6.45, 7) is 5.22. The van der Waals surface area contributed by atoms with Crippen molar-refractivity contribution in [2.45, 2.75) is 45.2 Å². The zero-order chi connectivity index (χ0) is 22.3. The van der Waals surface area contributed by atoms with Crippen LogP contribution in [0.25, 0.3) is 0 Å². The molecule has 0 aromatic heterocycles. The number of hydrogen-bond acceptors (Lipinski definition) is 3. The smallest absolute Gasteiger partial charge is 0.253 e. The van der Waals surface area contributed by atoms with E-state index < -0.39 is 0 Å². The summed E-state index contributed by atoms with van der Waals surface area (Å²) in [6, 6.07) is 16.1. The van der Waals surface area contributed by atoms with Gasteiger partial charge >= 0.3 is 0 Å². The van der Waals surface area contributed by atoms with Crippen LogP contribution in [0.15, 0.2) is 53.0 Å². The predicted molar refractivity (Wildman–Crippen MR) is 130 cm³/mol. The van der Waals surface area contributed by atoms with Gasteiger partial charge in [-0.2, -0.15) is 0 Å². The summed E-state index contributed by atoms with van der Waals surface area (Å²) in [5.41, 5.74) is 3.16. The number of likely N-dealkylation sites (tertiary alicyclic amines) is 2. The van der Waals surface area contributed by atoms with Crippen LogP contribution in [0.5, 0.6) is 0 Å².